The molecule has 0 aliphatic rings. The molecule has 5 atom stereocenters. The summed E-state index contributed by atoms with van der Waals surface area (Å²) in [5, 5.41) is 10.6. The standard InChI is InChI=1S/C82H160O17P2/c1-7-9-11-13-15-17-19-21-23-25-27-28-29-31-33-35-37-39-41-47-54-60-66-81(86)98-77(70-92-79(84)64-58-52-46-40-38-36-34-32-30-26-24-22-20-18-16-14-12-10-8-2)72-96-100(88,89)94-68-76(83)69-95-101(90,91)97-73-78(99-82(87)67-61-55-49-43-45-51-57-63-75(5)6)71-93-80(85)65-59-53-48-42-44-50-56-62-74(3)4/h74-78,83H,7-73H2,1-6H3,(H,88,89)(H,90,91)/t76-,77-,78-/m1/s1. The van der Waals surface area contributed by atoms with Gasteiger partial charge in [-0.1, -0.05) is 382 Å². The van der Waals surface area contributed by atoms with E-state index in [1.807, 2.05) is 0 Å². The van der Waals surface area contributed by atoms with Crippen LogP contribution in [0, 0.1) is 11.8 Å². The first-order valence-electron chi connectivity index (χ1n) is 42.5. The molecule has 0 heterocycles. The molecule has 0 fully saturated rings. The maximum absolute atomic E-state index is 13.1. The van der Waals surface area contributed by atoms with E-state index in [-0.39, 0.29) is 25.7 Å². The van der Waals surface area contributed by atoms with E-state index in [9.17, 15) is 43.2 Å². The molecule has 0 spiro atoms. The van der Waals surface area contributed by atoms with Crippen LogP contribution in [0.2, 0.25) is 0 Å². The van der Waals surface area contributed by atoms with Crippen molar-refractivity contribution in [3.8, 4) is 0 Å². The first kappa shape index (κ1) is 99.1. The highest BCUT2D eigenvalue weighted by molar-refractivity contribution is 7.47. The van der Waals surface area contributed by atoms with Crippen molar-refractivity contribution in [3.05, 3.63) is 0 Å². The van der Waals surface area contributed by atoms with Gasteiger partial charge in [-0.05, 0) is 37.5 Å². The Balaban J connectivity index is 5.18. The van der Waals surface area contributed by atoms with E-state index < -0.39 is 97.5 Å². The topological polar surface area (TPSA) is 237 Å². The summed E-state index contributed by atoms with van der Waals surface area (Å²) in [6.07, 6.45) is 64.4. The Morgan fingerprint density at radius 2 is 0.455 bits per heavy atom. The zero-order chi connectivity index (χ0) is 74.2. The summed E-state index contributed by atoms with van der Waals surface area (Å²) in [6, 6.07) is 0. The molecule has 0 aromatic carbocycles. The lowest BCUT2D eigenvalue weighted by Gasteiger charge is -2.21. The maximum Gasteiger partial charge on any atom is 0.472 e. The van der Waals surface area contributed by atoms with Crippen LogP contribution in [0.1, 0.15) is 433 Å². The third-order valence-electron chi connectivity index (χ3n) is 19.2. The van der Waals surface area contributed by atoms with Gasteiger partial charge in [0, 0.05) is 25.7 Å². The van der Waals surface area contributed by atoms with Crippen molar-refractivity contribution >= 4 is 39.5 Å². The molecular formula is C82H160O17P2. The number of hydrogen-bond acceptors (Lipinski definition) is 15. The summed E-state index contributed by atoms with van der Waals surface area (Å²) < 4.78 is 68.6. The van der Waals surface area contributed by atoms with Crippen LogP contribution in [0.3, 0.4) is 0 Å². The predicted molar refractivity (Wildman–Crippen MR) is 414 cm³/mol. The number of carbonyl (C=O) groups is 4. The highest BCUT2D eigenvalue weighted by Gasteiger charge is 2.30. The molecule has 0 radical (unpaired) electrons. The lowest BCUT2D eigenvalue weighted by molar-refractivity contribution is -0.161. The number of rotatable bonds is 81. The van der Waals surface area contributed by atoms with Crippen molar-refractivity contribution in [2.75, 3.05) is 39.6 Å². The molecule has 0 aromatic heterocycles. The zero-order valence-corrected chi connectivity index (χ0v) is 68.0. The Morgan fingerprint density at radius 1 is 0.267 bits per heavy atom. The number of aliphatic hydroxyl groups is 1. The van der Waals surface area contributed by atoms with Crippen molar-refractivity contribution in [3.63, 3.8) is 0 Å². The molecule has 0 saturated carbocycles. The number of phosphoric acid groups is 2. The van der Waals surface area contributed by atoms with Gasteiger partial charge in [-0.15, -0.1) is 0 Å². The molecule has 19 heteroatoms. The number of phosphoric ester groups is 2. The number of aliphatic hydroxyl groups excluding tert-OH is 1. The van der Waals surface area contributed by atoms with Crippen LogP contribution in [-0.2, 0) is 65.4 Å². The van der Waals surface area contributed by atoms with Crippen molar-refractivity contribution in [1.29, 1.82) is 0 Å². The summed E-state index contributed by atoms with van der Waals surface area (Å²) in [5.41, 5.74) is 0. The van der Waals surface area contributed by atoms with Crippen molar-refractivity contribution in [2.24, 2.45) is 11.8 Å². The fraction of sp³-hybridized carbons (Fsp3) is 0.951. The van der Waals surface area contributed by atoms with Gasteiger partial charge in [-0.25, -0.2) is 9.13 Å². The fourth-order valence-electron chi connectivity index (χ4n) is 12.7. The van der Waals surface area contributed by atoms with Crippen LogP contribution < -0.4 is 0 Å². The smallest absolute Gasteiger partial charge is 0.462 e. The Bertz CT molecular complexity index is 1940. The molecule has 2 unspecified atom stereocenters. The van der Waals surface area contributed by atoms with Gasteiger partial charge in [0.05, 0.1) is 26.4 Å². The first-order valence-corrected chi connectivity index (χ1v) is 45.5. The maximum atomic E-state index is 13.1. The van der Waals surface area contributed by atoms with E-state index in [0.717, 1.165) is 96.3 Å². The fourth-order valence-corrected chi connectivity index (χ4v) is 14.3. The van der Waals surface area contributed by atoms with Gasteiger partial charge in [0.1, 0.15) is 19.3 Å². The van der Waals surface area contributed by atoms with E-state index in [2.05, 4.69) is 41.5 Å². The largest absolute Gasteiger partial charge is 0.472 e. The van der Waals surface area contributed by atoms with Crippen LogP contribution in [0.25, 0.3) is 0 Å². The molecule has 101 heavy (non-hydrogen) atoms. The highest BCUT2D eigenvalue weighted by Crippen LogP contribution is 2.45. The Kier molecular flexibility index (Phi) is 72.2. The Labute approximate surface area is 619 Å². The van der Waals surface area contributed by atoms with Crippen LogP contribution in [0.5, 0.6) is 0 Å². The minimum Gasteiger partial charge on any atom is -0.462 e. The zero-order valence-electron chi connectivity index (χ0n) is 66.2. The van der Waals surface area contributed by atoms with Gasteiger partial charge < -0.3 is 33.8 Å². The molecule has 0 aliphatic heterocycles. The van der Waals surface area contributed by atoms with Gasteiger partial charge >= 0.3 is 39.5 Å². The summed E-state index contributed by atoms with van der Waals surface area (Å²) in [7, 11) is -9.92. The normalized spacial score (nSPS) is 13.9. The SMILES string of the molecule is CCCCCCCCCCCCCCCCCCCCCCCCC(=O)O[C@H](COC(=O)CCCCCCCCCCCCCCCCCCCCC)COP(=O)(O)OC[C@@H](O)COP(=O)(O)OC[C@@H](COC(=O)CCCCCCCCCC(C)C)OC(=O)CCCCCCCCCC(C)C. The summed E-state index contributed by atoms with van der Waals surface area (Å²) >= 11 is 0. The number of ether oxygens (including phenoxy) is 4. The Morgan fingerprint density at radius 3 is 0.673 bits per heavy atom. The van der Waals surface area contributed by atoms with Gasteiger partial charge in [-0.2, -0.15) is 0 Å². The lowest BCUT2D eigenvalue weighted by atomic mass is 10.0. The van der Waals surface area contributed by atoms with E-state index in [0.29, 0.717) is 37.5 Å². The number of unbranched alkanes of at least 4 members (excludes halogenated alkanes) is 51. The van der Waals surface area contributed by atoms with Crippen LogP contribution in [0.4, 0.5) is 0 Å². The molecule has 0 amide bonds. The average Bonchev–Trinajstić information content (AvgIpc) is 0.985. The van der Waals surface area contributed by atoms with Crippen LogP contribution in [-0.4, -0.2) is 96.7 Å². The molecule has 600 valence electrons. The second kappa shape index (κ2) is 73.6. The second-order valence-electron chi connectivity index (χ2n) is 30.5. The van der Waals surface area contributed by atoms with Crippen molar-refractivity contribution in [2.45, 2.75) is 452 Å². The number of esters is 4. The Hall–Kier alpha value is -1.94. The number of hydrogen-bond donors (Lipinski definition) is 3. The molecule has 0 aliphatic carbocycles. The molecule has 0 aromatic rings. The van der Waals surface area contributed by atoms with E-state index in [4.69, 9.17) is 37.0 Å². The quantitative estimate of drug-likeness (QED) is 0.0222. The van der Waals surface area contributed by atoms with E-state index >= 15 is 0 Å². The van der Waals surface area contributed by atoms with E-state index in [1.54, 1.807) is 0 Å². The number of carbonyl (C=O) groups excluding carboxylic acids is 4. The van der Waals surface area contributed by atoms with Gasteiger partial charge in [0.25, 0.3) is 0 Å². The van der Waals surface area contributed by atoms with E-state index in [1.165, 1.54) is 244 Å². The predicted octanol–water partition coefficient (Wildman–Crippen LogP) is 24.7. The van der Waals surface area contributed by atoms with Gasteiger partial charge in [0.2, 0.25) is 0 Å². The molecule has 0 saturated heterocycles. The molecule has 3 N–H and O–H groups in total. The monoisotopic (exact) mass is 1480 g/mol. The highest BCUT2D eigenvalue weighted by atomic mass is 31.2. The minimum absolute atomic E-state index is 0.103. The van der Waals surface area contributed by atoms with Gasteiger partial charge in [-0.3, -0.25) is 37.3 Å². The average molecular weight is 1480 g/mol. The lowest BCUT2D eigenvalue weighted by Crippen LogP contribution is -2.30. The third kappa shape index (κ3) is 76.1. The minimum atomic E-state index is -4.96. The third-order valence-corrected chi connectivity index (χ3v) is 21.1. The van der Waals surface area contributed by atoms with Crippen LogP contribution in [0.15, 0.2) is 0 Å². The summed E-state index contributed by atoms with van der Waals surface area (Å²) in [4.78, 5) is 72.9. The van der Waals surface area contributed by atoms with Crippen molar-refractivity contribution < 1.29 is 80.2 Å². The molecular weight excluding hydrogens is 1320 g/mol. The molecule has 0 bridgehead atoms. The van der Waals surface area contributed by atoms with Gasteiger partial charge in [0.15, 0.2) is 12.2 Å². The second-order valence-corrected chi connectivity index (χ2v) is 33.4. The molecule has 0 rings (SSSR count). The summed E-state index contributed by atoms with van der Waals surface area (Å²) in [6.45, 7) is 9.50. The first-order chi connectivity index (χ1) is 48.9. The molecule has 17 nitrogen and oxygen atoms in total. The van der Waals surface area contributed by atoms with Crippen LogP contribution >= 0.6 is 15.6 Å². The van der Waals surface area contributed by atoms with Crippen molar-refractivity contribution in [1.82, 2.24) is 0 Å². The summed E-state index contributed by atoms with van der Waals surface area (Å²) in [5.74, 6) is -0.713.